The van der Waals surface area contributed by atoms with Gasteiger partial charge >= 0.3 is 0 Å². The molecule has 0 aliphatic carbocycles. The summed E-state index contributed by atoms with van der Waals surface area (Å²) in [7, 11) is 2.03. The van der Waals surface area contributed by atoms with Crippen molar-refractivity contribution < 1.29 is 0 Å². The van der Waals surface area contributed by atoms with Crippen LogP contribution in [0.2, 0.25) is 0 Å². The molecule has 18 heavy (non-hydrogen) atoms. The van der Waals surface area contributed by atoms with E-state index >= 15 is 0 Å². The fraction of sp³-hybridized carbons (Fsp3) is 0.143. The van der Waals surface area contributed by atoms with Crippen molar-refractivity contribution >= 4 is 16.7 Å². The van der Waals surface area contributed by atoms with Gasteiger partial charge in [-0.05, 0) is 18.2 Å². The molecule has 0 saturated carbocycles. The summed E-state index contributed by atoms with van der Waals surface area (Å²) in [6, 6.07) is 9.92. The van der Waals surface area contributed by atoms with E-state index in [0.29, 0.717) is 6.42 Å². The Bertz CT molecular complexity index is 700. The van der Waals surface area contributed by atoms with Crippen LogP contribution in [0.5, 0.6) is 0 Å². The highest BCUT2D eigenvalue weighted by Crippen LogP contribution is 2.18. The number of rotatable bonds is 2. The molecule has 1 aromatic carbocycles. The molecule has 0 fully saturated rings. The van der Waals surface area contributed by atoms with E-state index in [1.165, 1.54) is 0 Å². The van der Waals surface area contributed by atoms with E-state index < -0.39 is 0 Å². The molecule has 4 heteroatoms. The average molecular weight is 238 g/mol. The lowest BCUT2D eigenvalue weighted by atomic mass is 10.1. The Morgan fingerprint density at radius 1 is 1.22 bits per heavy atom. The summed E-state index contributed by atoms with van der Waals surface area (Å²) in [6.45, 7) is 0. The van der Waals surface area contributed by atoms with Gasteiger partial charge in [0.15, 0.2) is 0 Å². The predicted molar refractivity (Wildman–Crippen MR) is 72.2 cm³/mol. The highest BCUT2D eigenvalue weighted by molar-refractivity contribution is 5.75. The number of para-hydroxylation sites is 2. The minimum atomic E-state index is 0.699. The molecule has 0 aliphatic heterocycles. The maximum absolute atomic E-state index is 5.94. The number of aryl methyl sites for hydroxylation is 1. The molecule has 0 unspecified atom stereocenters. The largest absolute Gasteiger partial charge is 0.398 e. The van der Waals surface area contributed by atoms with Gasteiger partial charge < -0.3 is 10.3 Å². The first kappa shape index (κ1) is 10.8. The molecule has 0 saturated heterocycles. The van der Waals surface area contributed by atoms with Crippen LogP contribution < -0.4 is 5.73 Å². The van der Waals surface area contributed by atoms with Crippen LogP contribution in [-0.4, -0.2) is 14.5 Å². The van der Waals surface area contributed by atoms with Crippen LogP contribution in [0.4, 0.5) is 5.69 Å². The molecule has 3 rings (SSSR count). The third kappa shape index (κ3) is 1.72. The summed E-state index contributed by atoms with van der Waals surface area (Å²) in [5.41, 5.74) is 9.85. The van der Waals surface area contributed by atoms with Crippen LogP contribution in [0.25, 0.3) is 11.0 Å². The molecule has 2 N–H and O–H groups in total. The van der Waals surface area contributed by atoms with Crippen LogP contribution in [0.1, 0.15) is 11.4 Å². The molecule has 0 aliphatic rings. The number of pyridine rings is 1. The van der Waals surface area contributed by atoms with E-state index in [4.69, 9.17) is 5.73 Å². The van der Waals surface area contributed by atoms with E-state index in [-0.39, 0.29) is 0 Å². The smallest absolute Gasteiger partial charge is 0.114 e. The van der Waals surface area contributed by atoms with Crippen LogP contribution in [0.15, 0.2) is 42.7 Å². The van der Waals surface area contributed by atoms with E-state index in [9.17, 15) is 0 Å². The third-order valence-corrected chi connectivity index (χ3v) is 3.17. The Balaban J connectivity index is 2.06. The first-order valence-corrected chi connectivity index (χ1v) is 5.84. The van der Waals surface area contributed by atoms with Gasteiger partial charge in [-0.2, -0.15) is 0 Å². The molecule has 0 spiro atoms. The van der Waals surface area contributed by atoms with Crippen molar-refractivity contribution in [3.05, 3.63) is 54.1 Å². The zero-order chi connectivity index (χ0) is 12.5. The monoisotopic (exact) mass is 238 g/mol. The van der Waals surface area contributed by atoms with E-state index in [0.717, 1.165) is 28.1 Å². The standard InChI is InChI=1S/C14H14N4/c1-18-13-5-3-2-4-12(13)17-14(18)8-10-9-16-7-6-11(10)15/h2-7,9H,8H2,1H3,(H2,15,16). The molecule has 0 bridgehead atoms. The van der Waals surface area contributed by atoms with Crippen LogP contribution in [-0.2, 0) is 13.5 Å². The molecule has 0 radical (unpaired) electrons. The van der Waals surface area contributed by atoms with Gasteiger partial charge in [-0.1, -0.05) is 12.1 Å². The van der Waals surface area contributed by atoms with Crippen molar-refractivity contribution in [2.75, 3.05) is 5.73 Å². The second-order valence-corrected chi connectivity index (χ2v) is 4.33. The number of fused-ring (bicyclic) bond motifs is 1. The molecular formula is C14H14N4. The van der Waals surface area contributed by atoms with Gasteiger partial charge in [0.25, 0.3) is 0 Å². The number of hydrogen-bond acceptors (Lipinski definition) is 3. The lowest BCUT2D eigenvalue weighted by molar-refractivity contribution is 0.843. The fourth-order valence-electron chi connectivity index (χ4n) is 2.11. The number of hydrogen-bond donors (Lipinski definition) is 1. The van der Waals surface area contributed by atoms with Gasteiger partial charge in [-0.15, -0.1) is 0 Å². The molecule has 3 aromatic rings. The van der Waals surface area contributed by atoms with Crippen LogP contribution >= 0.6 is 0 Å². The van der Waals surface area contributed by atoms with Gasteiger partial charge in [-0.3, -0.25) is 4.98 Å². The van der Waals surface area contributed by atoms with Gasteiger partial charge in [0.05, 0.1) is 11.0 Å². The number of nitrogen functional groups attached to an aromatic ring is 1. The average Bonchev–Trinajstić information content (AvgIpc) is 2.70. The van der Waals surface area contributed by atoms with Crippen molar-refractivity contribution in [2.45, 2.75) is 6.42 Å². The first-order valence-electron chi connectivity index (χ1n) is 5.84. The summed E-state index contributed by atoms with van der Waals surface area (Å²) in [5.74, 6) is 0.996. The topological polar surface area (TPSA) is 56.7 Å². The Morgan fingerprint density at radius 2 is 2.06 bits per heavy atom. The maximum atomic E-state index is 5.94. The number of anilines is 1. The number of aromatic nitrogens is 3. The van der Waals surface area contributed by atoms with Crippen molar-refractivity contribution in [1.29, 1.82) is 0 Å². The number of nitrogens with zero attached hydrogens (tertiary/aromatic N) is 3. The van der Waals surface area contributed by atoms with Crippen molar-refractivity contribution in [1.82, 2.24) is 14.5 Å². The number of benzene rings is 1. The summed E-state index contributed by atoms with van der Waals surface area (Å²) in [5, 5.41) is 0. The zero-order valence-electron chi connectivity index (χ0n) is 10.2. The van der Waals surface area contributed by atoms with Gasteiger partial charge in [0.2, 0.25) is 0 Å². The molecule has 90 valence electrons. The minimum absolute atomic E-state index is 0.699. The molecular weight excluding hydrogens is 224 g/mol. The van der Waals surface area contributed by atoms with Crippen LogP contribution in [0.3, 0.4) is 0 Å². The molecule has 4 nitrogen and oxygen atoms in total. The lowest BCUT2D eigenvalue weighted by Gasteiger charge is -2.04. The summed E-state index contributed by atoms with van der Waals surface area (Å²) in [6.07, 6.45) is 4.20. The summed E-state index contributed by atoms with van der Waals surface area (Å²) < 4.78 is 2.10. The van der Waals surface area contributed by atoms with Crippen molar-refractivity contribution in [3.8, 4) is 0 Å². The molecule has 2 heterocycles. The van der Waals surface area contributed by atoms with Gasteiger partial charge in [0.1, 0.15) is 5.82 Å². The SMILES string of the molecule is Cn1c(Cc2cnccc2N)nc2ccccc21. The minimum Gasteiger partial charge on any atom is -0.398 e. The first-order chi connectivity index (χ1) is 8.75. The van der Waals surface area contributed by atoms with E-state index in [1.54, 1.807) is 12.4 Å². The zero-order valence-corrected chi connectivity index (χ0v) is 10.2. The Kier molecular flexibility index (Phi) is 2.48. The van der Waals surface area contributed by atoms with Crippen LogP contribution in [0, 0.1) is 0 Å². The third-order valence-electron chi connectivity index (χ3n) is 3.17. The Hall–Kier alpha value is -2.36. The second-order valence-electron chi connectivity index (χ2n) is 4.33. The second kappa shape index (κ2) is 4.14. The number of nitrogens with two attached hydrogens (primary N) is 1. The normalized spacial score (nSPS) is 10.9. The molecule has 2 aromatic heterocycles. The van der Waals surface area contributed by atoms with E-state index in [2.05, 4.69) is 20.6 Å². The van der Waals surface area contributed by atoms with Crippen molar-refractivity contribution in [2.24, 2.45) is 7.05 Å². The highest BCUT2D eigenvalue weighted by Gasteiger charge is 2.09. The Morgan fingerprint density at radius 3 is 2.83 bits per heavy atom. The quantitative estimate of drug-likeness (QED) is 0.744. The fourth-order valence-corrected chi connectivity index (χ4v) is 2.11. The van der Waals surface area contributed by atoms with Crippen molar-refractivity contribution in [3.63, 3.8) is 0 Å². The van der Waals surface area contributed by atoms with E-state index in [1.807, 2.05) is 31.3 Å². The number of imidazole rings is 1. The Labute approximate surface area is 105 Å². The lowest BCUT2D eigenvalue weighted by Crippen LogP contribution is -2.02. The van der Waals surface area contributed by atoms with Gasteiger partial charge in [-0.25, -0.2) is 4.98 Å². The highest BCUT2D eigenvalue weighted by atomic mass is 15.1. The predicted octanol–water partition coefficient (Wildman–Crippen LogP) is 2.14. The molecule has 0 amide bonds. The summed E-state index contributed by atoms with van der Waals surface area (Å²) in [4.78, 5) is 8.74. The van der Waals surface area contributed by atoms with Gasteiger partial charge in [0, 0.05) is 37.1 Å². The molecule has 0 atom stereocenters. The summed E-state index contributed by atoms with van der Waals surface area (Å²) >= 11 is 0. The maximum Gasteiger partial charge on any atom is 0.114 e.